The summed E-state index contributed by atoms with van der Waals surface area (Å²) in [5.74, 6) is 0.679. The average Bonchev–Trinajstić information content (AvgIpc) is 2.64. The van der Waals surface area contributed by atoms with E-state index in [9.17, 15) is 4.57 Å². The molecule has 0 N–H and O–H groups in total. The van der Waals surface area contributed by atoms with E-state index in [1.54, 1.807) is 0 Å². The van der Waals surface area contributed by atoms with Crippen LogP contribution in [0.2, 0.25) is 0 Å². The van der Waals surface area contributed by atoms with Crippen molar-refractivity contribution in [3.8, 4) is 0 Å². The van der Waals surface area contributed by atoms with Gasteiger partial charge < -0.3 is 4.57 Å². The Bertz CT molecular complexity index is 669. The van der Waals surface area contributed by atoms with Gasteiger partial charge in [0, 0.05) is 16.8 Å². The highest BCUT2D eigenvalue weighted by Gasteiger charge is 2.27. The zero-order valence-electron chi connectivity index (χ0n) is 14.5. The number of rotatable bonds is 5. The van der Waals surface area contributed by atoms with Crippen molar-refractivity contribution in [2.24, 2.45) is 5.92 Å². The summed E-state index contributed by atoms with van der Waals surface area (Å²) in [5.41, 5.74) is 1.28. The second kappa shape index (κ2) is 7.99. The van der Waals surface area contributed by atoms with Gasteiger partial charge in [0.05, 0.1) is 0 Å². The van der Waals surface area contributed by atoms with Gasteiger partial charge in [-0.05, 0) is 25.7 Å². The molecule has 0 saturated heterocycles. The normalized spacial score (nSPS) is 17.0. The minimum Gasteiger partial charge on any atom is -0.313 e. The molecular formula is C22H27OP. The fraction of sp³-hybridized carbons (Fsp3) is 0.364. The fourth-order valence-corrected chi connectivity index (χ4v) is 6.55. The molecule has 0 atom stereocenters. The summed E-state index contributed by atoms with van der Waals surface area (Å²) < 4.78 is 14.0. The van der Waals surface area contributed by atoms with Crippen LogP contribution in [0.4, 0.5) is 0 Å². The maximum absolute atomic E-state index is 14.0. The van der Waals surface area contributed by atoms with Gasteiger partial charge in [0.25, 0.3) is 0 Å². The molecule has 0 heterocycles. The van der Waals surface area contributed by atoms with Gasteiger partial charge in [0.2, 0.25) is 0 Å². The summed E-state index contributed by atoms with van der Waals surface area (Å²) in [6.45, 7) is 2.16. The zero-order chi connectivity index (χ0) is 16.8. The lowest BCUT2D eigenvalue weighted by atomic mass is 9.88. The predicted molar refractivity (Wildman–Crippen MR) is 105 cm³/mol. The van der Waals surface area contributed by atoms with Crippen LogP contribution in [0.5, 0.6) is 0 Å². The van der Waals surface area contributed by atoms with Crippen LogP contribution in [0.3, 0.4) is 0 Å². The van der Waals surface area contributed by atoms with Crippen LogP contribution in [0.15, 0.2) is 72.3 Å². The van der Waals surface area contributed by atoms with Crippen molar-refractivity contribution in [2.75, 3.05) is 6.16 Å². The first kappa shape index (κ1) is 17.2. The van der Waals surface area contributed by atoms with E-state index in [1.165, 1.54) is 37.7 Å². The molecule has 24 heavy (non-hydrogen) atoms. The number of benzene rings is 2. The third kappa shape index (κ3) is 4.08. The Hall–Kier alpha value is -1.59. The van der Waals surface area contributed by atoms with Crippen LogP contribution in [0.1, 0.15) is 39.0 Å². The van der Waals surface area contributed by atoms with Crippen molar-refractivity contribution in [2.45, 2.75) is 39.0 Å². The molecule has 0 unspecified atom stereocenters. The highest BCUT2D eigenvalue weighted by atomic mass is 31.2. The van der Waals surface area contributed by atoms with Crippen LogP contribution in [0, 0.1) is 5.92 Å². The number of hydrogen-bond acceptors (Lipinski definition) is 1. The standard InChI is InChI=1S/C22H27OP/c1-19(17-20-11-5-2-6-12-20)18-24(23,21-13-7-3-8-14-21)22-15-9-4-10-16-22/h3-4,7-10,13-17,20H,2,5-6,11-12,18H2,1H3/b19-17+. The molecule has 2 heteroatoms. The largest absolute Gasteiger partial charge is 0.313 e. The van der Waals surface area contributed by atoms with Crippen molar-refractivity contribution in [1.29, 1.82) is 0 Å². The average molecular weight is 338 g/mol. The molecular weight excluding hydrogens is 311 g/mol. The van der Waals surface area contributed by atoms with Gasteiger partial charge in [0.15, 0.2) is 0 Å². The second-order valence-corrected chi connectivity index (χ2v) is 9.81. The maximum Gasteiger partial charge on any atom is 0.147 e. The first-order valence-corrected chi connectivity index (χ1v) is 11.0. The van der Waals surface area contributed by atoms with Gasteiger partial charge in [0.1, 0.15) is 7.14 Å². The summed E-state index contributed by atoms with van der Waals surface area (Å²) >= 11 is 0. The Morgan fingerprint density at radius 3 is 1.92 bits per heavy atom. The smallest absolute Gasteiger partial charge is 0.147 e. The molecule has 1 aliphatic carbocycles. The molecule has 126 valence electrons. The van der Waals surface area contributed by atoms with E-state index in [2.05, 4.69) is 13.0 Å². The van der Waals surface area contributed by atoms with Gasteiger partial charge in [-0.3, -0.25) is 0 Å². The molecule has 2 aromatic rings. The quantitative estimate of drug-likeness (QED) is 0.518. The van der Waals surface area contributed by atoms with Crippen LogP contribution in [-0.4, -0.2) is 6.16 Å². The Balaban J connectivity index is 1.91. The van der Waals surface area contributed by atoms with E-state index >= 15 is 0 Å². The van der Waals surface area contributed by atoms with Gasteiger partial charge >= 0.3 is 0 Å². The first-order valence-electron chi connectivity index (χ1n) is 9.06. The molecule has 1 fully saturated rings. The molecule has 1 saturated carbocycles. The van der Waals surface area contributed by atoms with E-state index in [1.807, 2.05) is 60.7 Å². The molecule has 0 aliphatic heterocycles. The van der Waals surface area contributed by atoms with Crippen molar-refractivity contribution >= 4 is 17.8 Å². The summed E-state index contributed by atoms with van der Waals surface area (Å²) in [6, 6.07) is 20.0. The lowest BCUT2D eigenvalue weighted by Gasteiger charge is -2.22. The third-order valence-electron chi connectivity index (χ3n) is 4.99. The Labute approximate surface area is 146 Å². The summed E-state index contributed by atoms with van der Waals surface area (Å²) in [7, 11) is -2.62. The maximum atomic E-state index is 14.0. The van der Waals surface area contributed by atoms with Gasteiger partial charge in [-0.2, -0.15) is 0 Å². The molecule has 3 rings (SSSR count). The van der Waals surface area contributed by atoms with E-state index in [0.717, 1.165) is 10.6 Å². The van der Waals surface area contributed by atoms with Crippen LogP contribution in [-0.2, 0) is 4.57 Å². The van der Waals surface area contributed by atoms with Crippen LogP contribution < -0.4 is 10.6 Å². The Morgan fingerprint density at radius 1 is 0.917 bits per heavy atom. The number of hydrogen-bond donors (Lipinski definition) is 0. The first-order chi connectivity index (χ1) is 11.7. The Kier molecular flexibility index (Phi) is 5.74. The van der Waals surface area contributed by atoms with Crippen molar-refractivity contribution in [3.05, 3.63) is 72.3 Å². The van der Waals surface area contributed by atoms with Gasteiger partial charge in [-0.25, -0.2) is 0 Å². The van der Waals surface area contributed by atoms with Gasteiger partial charge in [-0.15, -0.1) is 0 Å². The van der Waals surface area contributed by atoms with E-state index in [4.69, 9.17) is 0 Å². The molecule has 1 nitrogen and oxygen atoms in total. The highest BCUT2D eigenvalue weighted by Crippen LogP contribution is 2.45. The molecule has 2 aromatic carbocycles. The van der Waals surface area contributed by atoms with Crippen molar-refractivity contribution < 1.29 is 4.57 Å². The highest BCUT2D eigenvalue weighted by molar-refractivity contribution is 7.78. The Morgan fingerprint density at radius 2 is 1.42 bits per heavy atom. The van der Waals surface area contributed by atoms with Crippen molar-refractivity contribution in [1.82, 2.24) is 0 Å². The zero-order valence-corrected chi connectivity index (χ0v) is 15.4. The molecule has 1 aliphatic rings. The summed E-state index contributed by atoms with van der Waals surface area (Å²) in [6.07, 6.45) is 9.68. The summed E-state index contributed by atoms with van der Waals surface area (Å²) in [4.78, 5) is 0. The topological polar surface area (TPSA) is 17.1 Å². The SMILES string of the molecule is C/C(=C\C1CCCCC1)CP(=O)(c1ccccc1)c1ccccc1. The van der Waals surface area contributed by atoms with E-state index in [0.29, 0.717) is 12.1 Å². The van der Waals surface area contributed by atoms with E-state index in [-0.39, 0.29) is 0 Å². The van der Waals surface area contributed by atoms with Gasteiger partial charge in [-0.1, -0.05) is 91.6 Å². The lowest BCUT2D eigenvalue weighted by Crippen LogP contribution is -2.19. The van der Waals surface area contributed by atoms with Crippen molar-refractivity contribution in [3.63, 3.8) is 0 Å². The summed E-state index contributed by atoms with van der Waals surface area (Å²) in [5, 5.41) is 1.93. The van der Waals surface area contributed by atoms with E-state index < -0.39 is 7.14 Å². The molecule has 0 amide bonds. The second-order valence-electron chi connectivity index (χ2n) is 6.98. The minimum absolute atomic E-state index is 0.650. The van der Waals surface area contributed by atoms with Crippen LogP contribution >= 0.6 is 7.14 Å². The number of allylic oxidation sites excluding steroid dienone is 2. The minimum atomic E-state index is -2.62. The predicted octanol–water partition coefficient (Wildman–Crippen LogP) is 5.53. The molecule has 0 radical (unpaired) electrons. The van der Waals surface area contributed by atoms with Crippen LogP contribution in [0.25, 0.3) is 0 Å². The third-order valence-corrected chi connectivity index (χ3v) is 8.20. The lowest BCUT2D eigenvalue weighted by molar-refractivity contribution is 0.418. The molecule has 0 aromatic heterocycles. The molecule has 0 spiro atoms. The fourth-order valence-electron chi connectivity index (χ4n) is 3.78. The monoisotopic (exact) mass is 338 g/mol. The molecule has 0 bridgehead atoms.